The van der Waals surface area contributed by atoms with Crippen molar-refractivity contribution in [3.63, 3.8) is 0 Å². The molecule has 0 saturated carbocycles. The van der Waals surface area contributed by atoms with E-state index in [0.717, 1.165) is 27.7 Å². The third-order valence-electron chi connectivity index (χ3n) is 4.14. The SMILES string of the molecule is Cc1cn(C(C)(C)C(N)=O)c2cc(-c3ccccc3)cnc12. The molecule has 0 bridgehead atoms. The highest BCUT2D eigenvalue weighted by Crippen LogP contribution is 2.29. The average molecular weight is 293 g/mol. The number of nitrogens with two attached hydrogens (primary N) is 1. The molecule has 2 N–H and O–H groups in total. The van der Waals surface area contributed by atoms with Crippen LogP contribution in [0.3, 0.4) is 0 Å². The highest BCUT2D eigenvalue weighted by molar-refractivity contribution is 5.88. The van der Waals surface area contributed by atoms with Gasteiger partial charge in [-0.25, -0.2) is 0 Å². The van der Waals surface area contributed by atoms with Crippen LogP contribution in [0.2, 0.25) is 0 Å². The van der Waals surface area contributed by atoms with Gasteiger partial charge in [0.25, 0.3) is 0 Å². The van der Waals surface area contributed by atoms with E-state index in [0.29, 0.717) is 0 Å². The van der Waals surface area contributed by atoms with Crippen LogP contribution in [0.1, 0.15) is 19.4 Å². The normalized spacial score (nSPS) is 11.8. The van der Waals surface area contributed by atoms with E-state index < -0.39 is 5.54 Å². The first kappa shape index (κ1) is 14.3. The van der Waals surface area contributed by atoms with Crippen LogP contribution in [0.25, 0.3) is 22.2 Å². The van der Waals surface area contributed by atoms with Gasteiger partial charge in [0, 0.05) is 18.0 Å². The molecule has 0 aliphatic carbocycles. The van der Waals surface area contributed by atoms with Crippen LogP contribution in [0.5, 0.6) is 0 Å². The first-order valence-electron chi connectivity index (χ1n) is 7.25. The maximum absolute atomic E-state index is 11.8. The molecule has 112 valence electrons. The van der Waals surface area contributed by atoms with Gasteiger partial charge in [-0.05, 0) is 38.0 Å². The lowest BCUT2D eigenvalue weighted by Gasteiger charge is -2.24. The highest BCUT2D eigenvalue weighted by Gasteiger charge is 2.29. The number of nitrogens with zero attached hydrogens (tertiary/aromatic N) is 2. The number of amides is 1. The van der Waals surface area contributed by atoms with Crippen LogP contribution in [-0.2, 0) is 10.3 Å². The van der Waals surface area contributed by atoms with Gasteiger partial charge in [0.1, 0.15) is 5.54 Å². The number of hydrogen-bond donors (Lipinski definition) is 1. The third kappa shape index (κ3) is 2.17. The number of aromatic nitrogens is 2. The predicted molar refractivity (Wildman–Crippen MR) is 88.4 cm³/mol. The summed E-state index contributed by atoms with van der Waals surface area (Å²) in [6.07, 6.45) is 3.81. The Hall–Kier alpha value is -2.62. The summed E-state index contributed by atoms with van der Waals surface area (Å²) in [5.74, 6) is -0.366. The topological polar surface area (TPSA) is 60.9 Å². The molecule has 0 aliphatic heterocycles. The van der Waals surface area contributed by atoms with Crippen LogP contribution in [0.15, 0.2) is 48.8 Å². The molecule has 4 heteroatoms. The molecule has 0 radical (unpaired) electrons. The molecule has 1 amide bonds. The summed E-state index contributed by atoms with van der Waals surface area (Å²) >= 11 is 0. The molecule has 0 saturated heterocycles. The van der Waals surface area contributed by atoms with Crippen molar-refractivity contribution in [2.24, 2.45) is 5.73 Å². The van der Waals surface area contributed by atoms with Crippen molar-refractivity contribution in [1.82, 2.24) is 9.55 Å². The summed E-state index contributed by atoms with van der Waals surface area (Å²) in [5.41, 5.74) is 9.73. The zero-order chi connectivity index (χ0) is 15.9. The summed E-state index contributed by atoms with van der Waals surface area (Å²) < 4.78 is 1.92. The molecular formula is C18H19N3O. The first-order chi connectivity index (χ1) is 10.4. The van der Waals surface area contributed by atoms with E-state index in [9.17, 15) is 4.79 Å². The van der Waals surface area contributed by atoms with Crippen molar-refractivity contribution >= 4 is 16.9 Å². The molecule has 3 rings (SSSR count). The summed E-state index contributed by atoms with van der Waals surface area (Å²) in [6.45, 7) is 5.64. The van der Waals surface area contributed by atoms with E-state index in [-0.39, 0.29) is 5.91 Å². The lowest BCUT2D eigenvalue weighted by molar-refractivity contribution is -0.124. The van der Waals surface area contributed by atoms with Crippen LogP contribution < -0.4 is 5.73 Å². The Kier molecular flexibility index (Phi) is 3.24. The molecular weight excluding hydrogens is 274 g/mol. The first-order valence-corrected chi connectivity index (χ1v) is 7.25. The van der Waals surface area contributed by atoms with Gasteiger partial charge in [-0.2, -0.15) is 0 Å². The molecule has 0 aliphatic rings. The molecule has 1 aromatic carbocycles. The van der Waals surface area contributed by atoms with Crippen molar-refractivity contribution in [3.8, 4) is 11.1 Å². The van der Waals surface area contributed by atoms with Crippen molar-refractivity contribution in [3.05, 3.63) is 54.4 Å². The Bertz CT molecular complexity index is 847. The van der Waals surface area contributed by atoms with Gasteiger partial charge in [-0.1, -0.05) is 30.3 Å². The smallest absolute Gasteiger partial charge is 0.243 e. The highest BCUT2D eigenvalue weighted by atomic mass is 16.1. The van der Waals surface area contributed by atoms with Gasteiger partial charge >= 0.3 is 0 Å². The number of aryl methyl sites for hydroxylation is 1. The molecule has 2 aromatic heterocycles. The van der Waals surface area contributed by atoms with Crippen LogP contribution in [0.4, 0.5) is 0 Å². The third-order valence-corrected chi connectivity index (χ3v) is 4.14. The Morgan fingerprint density at radius 3 is 2.50 bits per heavy atom. The maximum Gasteiger partial charge on any atom is 0.243 e. The maximum atomic E-state index is 11.8. The molecule has 0 spiro atoms. The second kappa shape index (κ2) is 4.98. The monoisotopic (exact) mass is 293 g/mol. The summed E-state index contributed by atoms with van der Waals surface area (Å²) in [4.78, 5) is 16.4. The van der Waals surface area contributed by atoms with Gasteiger partial charge in [-0.3, -0.25) is 9.78 Å². The largest absolute Gasteiger partial charge is 0.368 e. The molecule has 0 atom stereocenters. The van der Waals surface area contributed by atoms with E-state index >= 15 is 0 Å². The fraction of sp³-hybridized carbons (Fsp3) is 0.222. The Morgan fingerprint density at radius 1 is 1.18 bits per heavy atom. The molecule has 2 heterocycles. The Balaban J connectivity index is 2.25. The van der Waals surface area contributed by atoms with Gasteiger partial charge in [0.15, 0.2) is 0 Å². The zero-order valence-electron chi connectivity index (χ0n) is 13.0. The molecule has 4 nitrogen and oxygen atoms in total. The van der Waals surface area contributed by atoms with Crippen LogP contribution in [-0.4, -0.2) is 15.5 Å². The number of fused-ring (bicyclic) bond motifs is 1. The quantitative estimate of drug-likeness (QED) is 0.806. The number of carbonyl (C=O) groups is 1. The van der Waals surface area contributed by atoms with Crippen molar-refractivity contribution in [2.75, 3.05) is 0 Å². The molecule has 0 fully saturated rings. The minimum absolute atomic E-state index is 0.366. The molecule has 3 aromatic rings. The fourth-order valence-corrected chi connectivity index (χ4v) is 2.63. The number of rotatable bonds is 3. The minimum atomic E-state index is -0.802. The summed E-state index contributed by atoms with van der Waals surface area (Å²) in [6, 6.07) is 12.1. The van der Waals surface area contributed by atoms with E-state index in [1.807, 2.05) is 68.1 Å². The lowest BCUT2D eigenvalue weighted by atomic mass is 10.0. The van der Waals surface area contributed by atoms with Crippen molar-refractivity contribution < 1.29 is 4.79 Å². The lowest BCUT2D eigenvalue weighted by Crippen LogP contribution is -2.40. The van der Waals surface area contributed by atoms with Crippen LogP contribution >= 0.6 is 0 Å². The number of pyridine rings is 1. The van der Waals surface area contributed by atoms with Gasteiger partial charge < -0.3 is 10.3 Å². The summed E-state index contributed by atoms with van der Waals surface area (Å²) in [7, 11) is 0. The second-order valence-corrected chi connectivity index (χ2v) is 6.06. The number of primary amides is 1. The average Bonchev–Trinajstić information content (AvgIpc) is 2.85. The fourth-order valence-electron chi connectivity index (χ4n) is 2.63. The second-order valence-electron chi connectivity index (χ2n) is 6.06. The predicted octanol–water partition coefficient (Wildman–Crippen LogP) is 3.23. The van der Waals surface area contributed by atoms with Gasteiger partial charge in [-0.15, -0.1) is 0 Å². The van der Waals surface area contributed by atoms with Crippen molar-refractivity contribution in [2.45, 2.75) is 26.3 Å². The molecule has 0 unspecified atom stereocenters. The summed E-state index contributed by atoms with van der Waals surface area (Å²) in [5, 5.41) is 0. The molecule has 22 heavy (non-hydrogen) atoms. The van der Waals surface area contributed by atoms with E-state index in [1.54, 1.807) is 0 Å². The minimum Gasteiger partial charge on any atom is -0.368 e. The van der Waals surface area contributed by atoms with Crippen LogP contribution in [0, 0.1) is 6.92 Å². The Labute approximate surface area is 129 Å². The van der Waals surface area contributed by atoms with Crippen molar-refractivity contribution in [1.29, 1.82) is 0 Å². The standard InChI is InChI=1S/C18H19N3O/c1-12-11-21(18(2,3)17(19)22)15-9-14(10-20-16(12)15)13-7-5-4-6-8-13/h4-11H,1-3H3,(H2,19,22). The van der Waals surface area contributed by atoms with Gasteiger partial charge in [0.2, 0.25) is 5.91 Å². The van der Waals surface area contributed by atoms with E-state index in [4.69, 9.17) is 5.73 Å². The van der Waals surface area contributed by atoms with Gasteiger partial charge in [0.05, 0.1) is 11.0 Å². The van der Waals surface area contributed by atoms with E-state index in [2.05, 4.69) is 11.1 Å². The Morgan fingerprint density at radius 2 is 1.86 bits per heavy atom. The number of carbonyl (C=O) groups excluding carboxylic acids is 1. The number of hydrogen-bond acceptors (Lipinski definition) is 2. The number of benzene rings is 1. The van der Waals surface area contributed by atoms with E-state index in [1.165, 1.54) is 0 Å². The zero-order valence-corrected chi connectivity index (χ0v) is 13.0.